The molecule has 1 fully saturated rings. The van der Waals surface area contributed by atoms with Crippen LogP contribution in [-0.4, -0.2) is 21.0 Å². The van der Waals surface area contributed by atoms with Gasteiger partial charge in [-0.15, -0.1) is 0 Å². The molecule has 6 heteroatoms. The SMILES string of the molecule is NCC(NS(=O)(=O)c1ccc(F)cc1)C1CCCCC1. The van der Waals surface area contributed by atoms with Crippen molar-refractivity contribution in [3.8, 4) is 0 Å². The molecule has 0 aliphatic heterocycles. The molecule has 3 N–H and O–H groups in total. The fraction of sp³-hybridized carbons (Fsp3) is 0.571. The van der Waals surface area contributed by atoms with Gasteiger partial charge in [-0.1, -0.05) is 19.3 Å². The molecule has 112 valence electrons. The van der Waals surface area contributed by atoms with Crippen molar-refractivity contribution in [2.24, 2.45) is 11.7 Å². The highest BCUT2D eigenvalue weighted by atomic mass is 32.2. The maximum Gasteiger partial charge on any atom is 0.240 e. The molecule has 0 amide bonds. The third-order valence-corrected chi connectivity index (χ3v) is 5.41. The zero-order valence-electron chi connectivity index (χ0n) is 11.4. The summed E-state index contributed by atoms with van der Waals surface area (Å²) in [6.07, 6.45) is 5.47. The number of halogens is 1. The van der Waals surface area contributed by atoms with E-state index < -0.39 is 15.8 Å². The second kappa shape index (κ2) is 6.65. The summed E-state index contributed by atoms with van der Waals surface area (Å²) in [7, 11) is -3.63. The Morgan fingerprint density at radius 2 is 1.80 bits per heavy atom. The summed E-state index contributed by atoms with van der Waals surface area (Å²) in [5.74, 6) is -0.157. The molecule has 1 aliphatic rings. The van der Waals surface area contributed by atoms with E-state index in [2.05, 4.69) is 4.72 Å². The Morgan fingerprint density at radius 3 is 2.35 bits per heavy atom. The van der Waals surface area contributed by atoms with Gasteiger partial charge in [-0.3, -0.25) is 0 Å². The lowest BCUT2D eigenvalue weighted by atomic mass is 9.84. The van der Waals surface area contributed by atoms with E-state index in [9.17, 15) is 12.8 Å². The van der Waals surface area contributed by atoms with Gasteiger partial charge in [0.15, 0.2) is 0 Å². The third kappa shape index (κ3) is 3.77. The van der Waals surface area contributed by atoms with Gasteiger partial charge in [0.1, 0.15) is 5.82 Å². The molecule has 0 aromatic heterocycles. The van der Waals surface area contributed by atoms with Gasteiger partial charge >= 0.3 is 0 Å². The van der Waals surface area contributed by atoms with Gasteiger partial charge in [-0.2, -0.15) is 0 Å². The predicted octanol–water partition coefficient (Wildman–Crippen LogP) is 2.01. The Hall–Kier alpha value is -0.980. The van der Waals surface area contributed by atoms with E-state index >= 15 is 0 Å². The smallest absolute Gasteiger partial charge is 0.240 e. The first-order valence-corrected chi connectivity index (χ1v) is 8.49. The van der Waals surface area contributed by atoms with Crippen molar-refractivity contribution in [1.82, 2.24) is 4.72 Å². The van der Waals surface area contributed by atoms with E-state index in [1.807, 2.05) is 0 Å². The van der Waals surface area contributed by atoms with Crippen LogP contribution in [0.5, 0.6) is 0 Å². The highest BCUT2D eigenvalue weighted by Gasteiger charge is 2.27. The van der Waals surface area contributed by atoms with Crippen molar-refractivity contribution >= 4 is 10.0 Å². The van der Waals surface area contributed by atoms with E-state index in [1.54, 1.807) is 0 Å². The molecule has 1 atom stereocenters. The number of sulfonamides is 1. The average Bonchev–Trinajstić information content (AvgIpc) is 2.46. The summed E-state index contributed by atoms with van der Waals surface area (Å²) in [6.45, 7) is 0.283. The Bertz CT molecular complexity index is 525. The first kappa shape index (κ1) is 15.4. The van der Waals surface area contributed by atoms with Crippen LogP contribution in [0.3, 0.4) is 0 Å². The van der Waals surface area contributed by atoms with Crippen molar-refractivity contribution in [2.45, 2.75) is 43.0 Å². The summed E-state index contributed by atoms with van der Waals surface area (Å²) in [4.78, 5) is 0.0770. The lowest BCUT2D eigenvalue weighted by Gasteiger charge is -2.29. The van der Waals surface area contributed by atoms with E-state index in [0.717, 1.165) is 37.8 Å². The lowest BCUT2D eigenvalue weighted by molar-refractivity contribution is 0.294. The Labute approximate surface area is 119 Å². The Balaban J connectivity index is 2.10. The summed E-state index contributed by atoms with van der Waals surface area (Å²) >= 11 is 0. The van der Waals surface area contributed by atoms with Gasteiger partial charge in [0.25, 0.3) is 0 Å². The van der Waals surface area contributed by atoms with Crippen molar-refractivity contribution in [1.29, 1.82) is 0 Å². The lowest BCUT2D eigenvalue weighted by Crippen LogP contribution is -2.45. The molecule has 1 saturated carbocycles. The predicted molar refractivity (Wildman–Crippen MR) is 76.1 cm³/mol. The summed E-state index contributed by atoms with van der Waals surface area (Å²) in [5, 5.41) is 0. The van der Waals surface area contributed by atoms with E-state index in [-0.39, 0.29) is 17.5 Å². The quantitative estimate of drug-likeness (QED) is 0.873. The van der Waals surface area contributed by atoms with E-state index in [1.165, 1.54) is 18.6 Å². The molecule has 1 aromatic carbocycles. The van der Waals surface area contributed by atoms with Gasteiger partial charge in [0, 0.05) is 12.6 Å². The standard InChI is InChI=1S/C14H21FN2O2S/c15-12-6-8-13(9-7-12)20(18,19)17-14(10-16)11-4-2-1-3-5-11/h6-9,11,14,17H,1-5,10,16H2. The maximum absolute atomic E-state index is 12.9. The molecule has 20 heavy (non-hydrogen) atoms. The second-order valence-electron chi connectivity index (χ2n) is 5.32. The maximum atomic E-state index is 12.9. The van der Waals surface area contributed by atoms with E-state index in [4.69, 9.17) is 5.73 Å². The minimum Gasteiger partial charge on any atom is -0.329 e. The van der Waals surface area contributed by atoms with Crippen LogP contribution in [0.4, 0.5) is 4.39 Å². The van der Waals surface area contributed by atoms with Gasteiger partial charge in [0.05, 0.1) is 4.90 Å². The monoisotopic (exact) mass is 300 g/mol. The number of nitrogens with two attached hydrogens (primary N) is 1. The van der Waals surface area contributed by atoms with Crippen LogP contribution in [-0.2, 0) is 10.0 Å². The highest BCUT2D eigenvalue weighted by molar-refractivity contribution is 7.89. The molecule has 0 heterocycles. The molecule has 4 nitrogen and oxygen atoms in total. The molecule has 1 unspecified atom stereocenters. The first-order chi connectivity index (χ1) is 9.53. The molecule has 1 aliphatic carbocycles. The van der Waals surface area contributed by atoms with Gasteiger partial charge in [-0.05, 0) is 43.0 Å². The second-order valence-corrected chi connectivity index (χ2v) is 7.03. The summed E-state index contributed by atoms with van der Waals surface area (Å²) in [6, 6.07) is 4.59. The minimum absolute atomic E-state index is 0.0770. The molecular weight excluding hydrogens is 279 g/mol. The minimum atomic E-state index is -3.63. The van der Waals surface area contributed by atoms with Crippen molar-refractivity contribution in [3.63, 3.8) is 0 Å². The number of nitrogens with one attached hydrogen (secondary N) is 1. The highest BCUT2D eigenvalue weighted by Crippen LogP contribution is 2.27. The van der Waals surface area contributed by atoms with Crippen molar-refractivity contribution in [3.05, 3.63) is 30.1 Å². The van der Waals surface area contributed by atoms with Crippen LogP contribution in [0, 0.1) is 11.7 Å². The fourth-order valence-corrected chi connectivity index (χ4v) is 4.07. The average molecular weight is 300 g/mol. The molecule has 1 aromatic rings. The summed E-state index contributed by atoms with van der Waals surface area (Å²) < 4.78 is 40.1. The van der Waals surface area contributed by atoms with Crippen LogP contribution in [0.1, 0.15) is 32.1 Å². The molecule has 0 saturated heterocycles. The molecule has 0 radical (unpaired) electrons. The van der Waals surface area contributed by atoms with E-state index in [0.29, 0.717) is 5.92 Å². The fourth-order valence-electron chi connectivity index (χ4n) is 2.75. The molecular formula is C14H21FN2O2S. The van der Waals surface area contributed by atoms with Crippen LogP contribution in [0.15, 0.2) is 29.2 Å². The van der Waals surface area contributed by atoms with Crippen molar-refractivity contribution < 1.29 is 12.8 Å². The Morgan fingerprint density at radius 1 is 1.20 bits per heavy atom. The largest absolute Gasteiger partial charge is 0.329 e. The number of hydrogen-bond acceptors (Lipinski definition) is 3. The topological polar surface area (TPSA) is 72.2 Å². The zero-order valence-corrected chi connectivity index (χ0v) is 12.2. The van der Waals surface area contributed by atoms with Crippen LogP contribution < -0.4 is 10.5 Å². The van der Waals surface area contributed by atoms with Crippen LogP contribution >= 0.6 is 0 Å². The van der Waals surface area contributed by atoms with Crippen LogP contribution in [0.2, 0.25) is 0 Å². The number of rotatable bonds is 5. The number of benzene rings is 1. The zero-order chi connectivity index (χ0) is 14.6. The van der Waals surface area contributed by atoms with Gasteiger partial charge in [0.2, 0.25) is 10.0 Å². The van der Waals surface area contributed by atoms with Crippen molar-refractivity contribution in [2.75, 3.05) is 6.54 Å². The molecule has 0 bridgehead atoms. The third-order valence-electron chi connectivity index (χ3n) is 3.90. The molecule has 0 spiro atoms. The summed E-state index contributed by atoms with van der Waals surface area (Å²) in [5.41, 5.74) is 5.73. The Kier molecular flexibility index (Phi) is 5.12. The van der Waals surface area contributed by atoms with Gasteiger partial charge < -0.3 is 5.73 Å². The van der Waals surface area contributed by atoms with Crippen LogP contribution in [0.25, 0.3) is 0 Å². The first-order valence-electron chi connectivity index (χ1n) is 7.01. The van der Waals surface area contributed by atoms with Gasteiger partial charge in [-0.25, -0.2) is 17.5 Å². The normalized spacial score (nSPS) is 18.9. The number of hydrogen-bond donors (Lipinski definition) is 2. The molecule has 2 rings (SSSR count).